The molecule has 0 saturated carbocycles. The zero-order valence-corrected chi connectivity index (χ0v) is 14.2. The summed E-state index contributed by atoms with van der Waals surface area (Å²) in [5.41, 5.74) is 1.27. The van der Waals surface area contributed by atoms with Crippen LogP contribution in [0.3, 0.4) is 0 Å². The lowest BCUT2D eigenvalue weighted by atomic mass is 9.92. The summed E-state index contributed by atoms with van der Waals surface area (Å²) in [4.78, 5) is 0. The zero-order chi connectivity index (χ0) is 14.3. The van der Waals surface area contributed by atoms with Crippen LogP contribution in [0.25, 0.3) is 0 Å². The number of methoxy groups -OCH3 is 1. The molecule has 2 nitrogen and oxygen atoms in total. The average molecular weight is 349 g/mol. The highest BCUT2D eigenvalue weighted by Crippen LogP contribution is 2.30. The Morgan fingerprint density at radius 2 is 2.16 bits per heavy atom. The van der Waals surface area contributed by atoms with Crippen LogP contribution in [0.5, 0.6) is 0 Å². The Labute approximate surface area is 130 Å². The van der Waals surface area contributed by atoms with E-state index in [1.807, 2.05) is 6.07 Å². The number of nitrogens with one attached hydrogen (secondary N) is 1. The highest BCUT2D eigenvalue weighted by atomic mass is 79.9. The molecule has 1 aromatic carbocycles. The van der Waals surface area contributed by atoms with Crippen molar-refractivity contribution in [1.82, 2.24) is 5.32 Å². The first-order valence-corrected chi connectivity index (χ1v) is 7.94. The molecule has 0 spiro atoms. The van der Waals surface area contributed by atoms with E-state index in [2.05, 4.69) is 47.2 Å². The predicted octanol–water partition coefficient (Wildman–Crippen LogP) is 4.82. The number of benzene rings is 1. The van der Waals surface area contributed by atoms with E-state index in [0.29, 0.717) is 12.0 Å². The number of hydrogen-bond donors (Lipinski definition) is 1. The van der Waals surface area contributed by atoms with Gasteiger partial charge in [0.25, 0.3) is 0 Å². The Morgan fingerprint density at radius 3 is 2.74 bits per heavy atom. The third-order valence-corrected chi connectivity index (χ3v) is 4.48. The Balaban J connectivity index is 2.84. The van der Waals surface area contributed by atoms with Crippen LogP contribution in [0, 0.1) is 5.92 Å². The Bertz CT molecular complexity index is 386. The molecule has 19 heavy (non-hydrogen) atoms. The summed E-state index contributed by atoms with van der Waals surface area (Å²) < 4.78 is 6.14. The topological polar surface area (TPSA) is 21.3 Å². The summed E-state index contributed by atoms with van der Waals surface area (Å²) in [5.74, 6) is 0.513. The Kier molecular flexibility index (Phi) is 8.00. The minimum absolute atomic E-state index is 0.337. The predicted molar refractivity (Wildman–Crippen MR) is 85.8 cm³/mol. The molecule has 108 valence electrons. The molecule has 0 aliphatic heterocycles. The molecular weight excluding hydrogens is 326 g/mol. The third-order valence-electron chi connectivity index (χ3n) is 3.26. The van der Waals surface area contributed by atoms with Gasteiger partial charge in [-0.05, 0) is 58.9 Å². The van der Waals surface area contributed by atoms with Crippen LogP contribution < -0.4 is 5.32 Å². The molecule has 4 heteroatoms. The SMILES string of the molecule is CCCNC(c1ccc(Cl)c(Br)c1)C(C)CCOC. The van der Waals surface area contributed by atoms with Gasteiger partial charge in [0.05, 0.1) is 5.02 Å². The third kappa shape index (κ3) is 5.42. The van der Waals surface area contributed by atoms with Gasteiger partial charge in [0.2, 0.25) is 0 Å². The molecule has 0 aromatic heterocycles. The van der Waals surface area contributed by atoms with Gasteiger partial charge in [-0.2, -0.15) is 0 Å². The van der Waals surface area contributed by atoms with Crippen molar-refractivity contribution in [3.05, 3.63) is 33.3 Å². The number of ether oxygens (including phenoxy) is 1. The van der Waals surface area contributed by atoms with Crippen molar-refractivity contribution in [2.45, 2.75) is 32.7 Å². The first kappa shape index (κ1) is 17.0. The smallest absolute Gasteiger partial charge is 0.0548 e. The number of hydrogen-bond acceptors (Lipinski definition) is 2. The lowest BCUT2D eigenvalue weighted by Crippen LogP contribution is -2.28. The Hall–Kier alpha value is -0.0900. The van der Waals surface area contributed by atoms with Crippen LogP contribution in [0.2, 0.25) is 5.02 Å². The first-order valence-electron chi connectivity index (χ1n) is 6.77. The van der Waals surface area contributed by atoms with Crippen molar-refractivity contribution >= 4 is 27.5 Å². The first-order chi connectivity index (χ1) is 9.10. The lowest BCUT2D eigenvalue weighted by Gasteiger charge is -2.26. The fraction of sp³-hybridized carbons (Fsp3) is 0.600. The number of rotatable bonds is 8. The van der Waals surface area contributed by atoms with Crippen LogP contribution in [0.1, 0.15) is 38.3 Å². The van der Waals surface area contributed by atoms with E-state index in [1.54, 1.807) is 7.11 Å². The van der Waals surface area contributed by atoms with E-state index < -0.39 is 0 Å². The van der Waals surface area contributed by atoms with E-state index in [0.717, 1.165) is 35.5 Å². The monoisotopic (exact) mass is 347 g/mol. The normalized spacial score (nSPS) is 14.4. The van der Waals surface area contributed by atoms with E-state index in [-0.39, 0.29) is 0 Å². The largest absolute Gasteiger partial charge is 0.385 e. The van der Waals surface area contributed by atoms with Gasteiger partial charge in [-0.1, -0.05) is 31.5 Å². The highest BCUT2D eigenvalue weighted by Gasteiger charge is 2.19. The summed E-state index contributed by atoms with van der Waals surface area (Å²) in [5, 5.41) is 4.37. The van der Waals surface area contributed by atoms with Gasteiger partial charge in [0, 0.05) is 24.2 Å². The van der Waals surface area contributed by atoms with Gasteiger partial charge < -0.3 is 10.1 Å². The minimum Gasteiger partial charge on any atom is -0.385 e. The van der Waals surface area contributed by atoms with Crippen molar-refractivity contribution in [1.29, 1.82) is 0 Å². The maximum absolute atomic E-state index is 6.07. The van der Waals surface area contributed by atoms with Crippen molar-refractivity contribution in [3.63, 3.8) is 0 Å². The van der Waals surface area contributed by atoms with Gasteiger partial charge in [0.1, 0.15) is 0 Å². The van der Waals surface area contributed by atoms with Crippen molar-refractivity contribution in [2.24, 2.45) is 5.92 Å². The van der Waals surface area contributed by atoms with Gasteiger partial charge >= 0.3 is 0 Å². The number of halogens is 2. The van der Waals surface area contributed by atoms with Crippen LogP contribution in [-0.2, 0) is 4.74 Å². The van der Waals surface area contributed by atoms with Crippen LogP contribution in [-0.4, -0.2) is 20.3 Å². The van der Waals surface area contributed by atoms with Crippen molar-refractivity contribution in [3.8, 4) is 0 Å². The summed E-state index contributed by atoms with van der Waals surface area (Å²) in [6.45, 7) is 6.25. The van der Waals surface area contributed by atoms with Crippen LogP contribution in [0.4, 0.5) is 0 Å². The van der Waals surface area contributed by atoms with E-state index >= 15 is 0 Å². The quantitative estimate of drug-likeness (QED) is 0.727. The minimum atomic E-state index is 0.337. The summed E-state index contributed by atoms with van der Waals surface area (Å²) in [7, 11) is 1.75. The molecule has 1 N–H and O–H groups in total. The molecule has 0 aliphatic carbocycles. The standard InChI is InChI=1S/C15H23BrClNO/c1-4-8-18-15(11(2)7-9-19-3)12-5-6-14(17)13(16)10-12/h5-6,10-11,15,18H,4,7-9H2,1-3H3. The Morgan fingerprint density at radius 1 is 1.42 bits per heavy atom. The second kappa shape index (κ2) is 8.96. The average Bonchev–Trinajstić information content (AvgIpc) is 2.40. The summed E-state index contributed by atoms with van der Waals surface area (Å²) >= 11 is 9.57. The second-order valence-electron chi connectivity index (χ2n) is 4.86. The van der Waals surface area contributed by atoms with Gasteiger partial charge in [-0.3, -0.25) is 0 Å². The van der Waals surface area contributed by atoms with Gasteiger partial charge in [-0.15, -0.1) is 0 Å². The van der Waals surface area contributed by atoms with Crippen molar-refractivity contribution in [2.75, 3.05) is 20.3 Å². The molecule has 2 atom stereocenters. The highest BCUT2D eigenvalue weighted by molar-refractivity contribution is 9.10. The maximum Gasteiger partial charge on any atom is 0.0548 e. The molecule has 0 aliphatic rings. The van der Waals surface area contributed by atoms with Crippen LogP contribution >= 0.6 is 27.5 Å². The van der Waals surface area contributed by atoms with Gasteiger partial charge in [-0.25, -0.2) is 0 Å². The lowest BCUT2D eigenvalue weighted by molar-refractivity contribution is 0.170. The fourth-order valence-electron chi connectivity index (χ4n) is 2.12. The molecule has 0 bridgehead atoms. The fourth-order valence-corrected chi connectivity index (χ4v) is 2.64. The molecule has 1 rings (SSSR count). The molecule has 0 amide bonds. The molecule has 0 saturated heterocycles. The van der Waals surface area contributed by atoms with E-state index in [1.165, 1.54) is 5.56 Å². The molecule has 0 heterocycles. The molecule has 2 unspecified atom stereocenters. The second-order valence-corrected chi connectivity index (χ2v) is 6.13. The van der Waals surface area contributed by atoms with Crippen LogP contribution in [0.15, 0.2) is 22.7 Å². The molecule has 0 radical (unpaired) electrons. The summed E-state index contributed by atoms with van der Waals surface area (Å²) in [6.07, 6.45) is 2.17. The van der Waals surface area contributed by atoms with E-state index in [4.69, 9.17) is 16.3 Å². The summed E-state index contributed by atoms with van der Waals surface area (Å²) in [6, 6.07) is 6.50. The molecule has 0 fully saturated rings. The zero-order valence-electron chi connectivity index (χ0n) is 11.9. The maximum atomic E-state index is 6.07. The molecular formula is C15H23BrClNO. The van der Waals surface area contributed by atoms with E-state index in [9.17, 15) is 0 Å². The van der Waals surface area contributed by atoms with Crippen molar-refractivity contribution < 1.29 is 4.74 Å². The molecule has 1 aromatic rings. The van der Waals surface area contributed by atoms with Gasteiger partial charge in [0.15, 0.2) is 0 Å².